The molecule has 4 heteroatoms. The molecule has 96 valence electrons. The number of rotatable bonds is 6. The summed E-state index contributed by atoms with van der Waals surface area (Å²) in [5.41, 5.74) is -0.151. The van der Waals surface area contributed by atoms with E-state index < -0.39 is 0 Å². The van der Waals surface area contributed by atoms with Crippen molar-refractivity contribution in [3.8, 4) is 5.88 Å². The number of nitrogens with zero attached hydrogens (tertiary/aromatic N) is 1. The molecule has 1 aromatic rings. The van der Waals surface area contributed by atoms with Gasteiger partial charge in [0.15, 0.2) is 0 Å². The zero-order valence-electron chi connectivity index (χ0n) is 11.1. The molecule has 0 amide bonds. The van der Waals surface area contributed by atoms with Gasteiger partial charge >= 0.3 is 0 Å². The van der Waals surface area contributed by atoms with E-state index in [9.17, 15) is 4.79 Å². The molecule has 1 heterocycles. The fourth-order valence-corrected chi connectivity index (χ4v) is 1.60. The van der Waals surface area contributed by atoms with Gasteiger partial charge in [-0.25, -0.2) is 0 Å². The summed E-state index contributed by atoms with van der Waals surface area (Å²) in [6.07, 6.45) is 2.27. The summed E-state index contributed by atoms with van der Waals surface area (Å²) in [6.45, 7) is 8.88. The van der Waals surface area contributed by atoms with E-state index >= 15 is 0 Å². The topological polar surface area (TPSA) is 55.0 Å². The predicted molar refractivity (Wildman–Crippen MR) is 68.5 cm³/mol. The average Bonchev–Trinajstić information content (AvgIpc) is 2.26. The van der Waals surface area contributed by atoms with Gasteiger partial charge in [0, 0.05) is 5.92 Å². The second-order valence-electron chi connectivity index (χ2n) is 4.83. The van der Waals surface area contributed by atoms with E-state index in [1.807, 2.05) is 13.8 Å². The first-order valence-corrected chi connectivity index (χ1v) is 6.27. The summed E-state index contributed by atoms with van der Waals surface area (Å²) in [6, 6.07) is 1.41. The smallest absolute Gasteiger partial charge is 0.254 e. The number of hydrogen-bond acceptors (Lipinski definition) is 3. The lowest BCUT2D eigenvalue weighted by Crippen LogP contribution is -2.15. The summed E-state index contributed by atoms with van der Waals surface area (Å²) in [5.74, 6) is 1.79. The predicted octanol–water partition coefficient (Wildman–Crippen LogP) is 2.71. The molecule has 1 aromatic heterocycles. The molecule has 17 heavy (non-hydrogen) atoms. The summed E-state index contributed by atoms with van der Waals surface area (Å²) in [7, 11) is 0. The maximum absolute atomic E-state index is 11.4. The van der Waals surface area contributed by atoms with Crippen LogP contribution in [0.25, 0.3) is 0 Å². The normalized spacial score (nSPS) is 12.8. The van der Waals surface area contributed by atoms with E-state index in [0.29, 0.717) is 24.2 Å². The number of aromatic amines is 1. The van der Waals surface area contributed by atoms with Crippen LogP contribution in [0.3, 0.4) is 0 Å². The third-order valence-electron chi connectivity index (χ3n) is 2.58. The lowest BCUT2D eigenvalue weighted by molar-refractivity contribution is 0.241. The van der Waals surface area contributed by atoms with E-state index in [1.165, 1.54) is 6.07 Å². The van der Waals surface area contributed by atoms with Crippen molar-refractivity contribution in [3.05, 3.63) is 22.2 Å². The molecule has 0 radical (unpaired) electrons. The number of ether oxygens (including phenoxy) is 1. The van der Waals surface area contributed by atoms with Crippen molar-refractivity contribution in [2.24, 2.45) is 5.92 Å². The van der Waals surface area contributed by atoms with Crippen molar-refractivity contribution in [1.29, 1.82) is 0 Å². The molecule has 1 N–H and O–H groups in total. The van der Waals surface area contributed by atoms with E-state index in [1.54, 1.807) is 0 Å². The molecular formula is C13H22N2O2. The molecule has 1 rings (SSSR count). The van der Waals surface area contributed by atoms with E-state index in [0.717, 1.165) is 12.8 Å². The monoisotopic (exact) mass is 238 g/mol. The molecule has 0 saturated carbocycles. The molecule has 0 aromatic carbocycles. The highest BCUT2D eigenvalue weighted by molar-refractivity contribution is 5.10. The minimum atomic E-state index is -0.151. The first kappa shape index (κ1) is 13.7. The fourth-order valence-electron chi connectivity index (χ4n) is 1.60. The Morgan fingerprint density at radius 1 is 1.41 bits per heavy atom. The van der Waals surface area contributed by atoms with E-state index in [-0.39, 0.29) is 11.5 Å². The molecule has 0 fully saturated rings. The SMILES string of the molecule is CCCC(C)COc1cc(=O)[nH]c(C(C)C)n1. The zero-order valence-corrected chi connectivity index (χ0v) is 11.1. The molecule has 1 atom stereocenters. The van der Waals surface area contributed by atoms with E-state index in [4.69, 9.17) is 4.74 Å². The molecular weight excluding hydrogens is 216 g/mol. The molecule has 0 spiro atoms. The maximum atomic E-state index is 11.4. The van der Waals surface area contributed by atoms with Gasteiger partial charge in [-0.2, -0.15) is 4.98 Å². The highest BCUT2D eigenvalue weighted by Crippen LogP contribution is 2.12. The third kappa shape index (κ3) is 4.59. The summed E-state index contributed by atoms with van der Waals surface area (Å²) >= 11 is 0. The second-order valence-corrected chi connectivity index (χ2v) is 4.83. The lowest BCUT2D eigenvalue weighted by Gasteiger charge is -2.12. The van der Waals surface area contributed by atoms with Gasteiger partial charge in [0.2, 0.25) is 5.88 Å². The summed E-state index contributed by atoms with van der Waals surface area (Å²) < 4.78 is 5.56. The van der Waals surface area contributed by atoms with Crippen LogP contribution >= 0.6 is 0 Å². The Labute approximate surface area is 102 Å². The zero-order chi connectivity index (χ0) is 12.8. The fraction of sp³-hybridized carbons (Fsp3) is 0.692. The van der Waals surface area contributed by atoms with Gasteiger partial charge in [-0.3, -0.25) is 4.79 Å². The first-order valence-electron chi connectivity index (χ1n) is 6.27. The molecule has 4 nitrogen and oxygen atoms in total. The van der Waals surface area contributed by atoms with E-state index in [2.05, 4.69) is 23.8 Å². The van der Waals surface area contributed by atoms with Crippen LogP contribution in [0.1, 0.15) is 52.3 Å². The van der Waals surface area contributed by atoms with Crippen LogP contribution in [-0.2, 0) is 0 Å². The van der Waals surface area contributed by atoms with Crippen LogP contribution < -0.4 is 10.3 Å². The Balaban J connectivity index is 2.68. The largest absolute Gasteiger partial charge is 0.477 e. The van der Waals surface area contributed by atoms with Crippen molar-refractivity contribution in [2.75, 3.05) is 6.61 Å². The minimum Gasteiger partial charge on any atom is -0.477 e. The van der Waals surface area contributed by atoms with Crippen LogP contribution in [0.15, 0.2) is 10.9 Å². The Bertz CT molecular complexity index is 399. The van der Waals surface area contributed by atoms with Crippen LogP contribution in [-0.4, -0.2) is 16.6 Å². The van der Waals surface area contributed by atoms with Gasteiger partial charge in [-0.1, -0.05) is 34.1 Å². The van der Waals surface area contributed by atoms with Crippen LogP contribution in [0.5, 0.6) is 5.88 Å². The second kappa shape index (κ2) is 6.42. The Hall–Kier alpha value is -1.32. The third-order valence-corrected chi connectivity index (χ3v) is 2.58. The lowest BCUT2D eigenvalue weighted by atomic mass is 10.1. The standard InChI is InChI=1S/C13H22N2O2/c1-5-6-10(4)8-17-12-7-11(16)14-13(15-12)9(2)3/h7,9-10H,5-6,8H2,1-4H3,(H,14,15,16). The molecule has 0 saturated heterocycles. The quantitative estimate of drug-likeness (QED) is 0.829. The first-order chi connectivity index (χ1) is 8.02. The molecule has 0 aliphatic rings. The highest BCUT2D eigenvalue weighted by Gasteiger charge is 2.07. The number of hydrogen-bond donors (Lipinski definition) is 1. The molecule has 0 aliphatic heterocycles. The van der Waals surface area contributed by atoms with Gasteiger partial charge in [0.1, 0.15) is 5.82 Å². The van der Waals surface area contributed by atoms with Crippen molar-refractivity contribution < 1.29 is 4.74 Å². The molecule has 1 unspecified atom stereocenters. The van der Waals surface area contributed by atoms with Crippen LogP contribution in [0, 0.1) is 5.92 Å². The van der Waals surface area contributed by atoms with Gasteiger partial charge in [-0.05, 0) is 12.3 Å². The highest BCUT2D eigenvalue weighted by atomic mass is 16.5. The van der Waals surface area contributed by atoms with Crippen LogP contribution in [0.4, 0.5) is 0 Å². The average molecular weight is 238 g/mol. The van der Waals surface area contributed by atoms with Gasteiger partial charge in [-0.15, -0.1) is 0 Å². The van der Waals surface area contributed by atoms with Gasteiger partial charge in [0.05, 0.1) is 12.7 Å². The van der Waals surface area contributed by atoms with Crippen molar-refractivity contribution >= 4 is 0 Å². The van der Waals surface area contributed by atoms with Gasteiger partial charge in [0.25, 0.3) is 5.56 Å². The molecule has 0 aliphatic carbocycles. The molecule has 0 bridgehead atoms. The Morgan fingerprint density at radius 2 is 2.12 bits per heavy atom. The number of nitrogens with one attached hydrogen (secondary N) is 1. The number of aromatic nitrogens is 2. The van der Waals surface area contributed by atoms with Crippen molar-refractivity contribution in [3.63, 3.8) is 0 Å². The Kier molecular flexibility index (Phi) is 5.19. The maximum Gasteiger partial charge on any atom is 0.254 e. The van der Waals surface area contributed by atoms with Gasteiger partial charge < -0.3 is 9.72 Å². The van der Waals surface area contributed by atoms with Crippen molar-refractivity contribution in [1.82, 2.24) is 9.97 Å². The van der Waals surface area contributed by atoms with Crippen LogP contribution in [0.2, 0.25) is 0 Å². The minimum absolute atomic E-state index is 0.151. The van der Waals surface area contributed by atoms with Crippen molar-refractivity contribution in [2.45, 2.75) is 46.5 Å². The summed E-state index contributed by atoms with van der Waals surface area (Å²) in [4.78, 5) is 18.4. The summed E-state index contributed by atoms with van der Waals surface area (Å²) in [5, 5.41) is 0. The number of H-pyrrole nitrogens is 1. The Morgan fingerprint density at radius 3 is 2.71 bits per heavy atom.